The molecule has 0 radical (unpaired) electrons. The van der Waals surface area contributed by atoms with Gasteiger partial charge in [-0.1, -0.05) is 49.7 Å². The maximum absolute atomic E-state index is 12.7. The SMILES string of the molecule is CCCCOc1ccc(C2NC(=S)NC(c3ccccc3)=C2C(C)=O)cc1OCC. The first kappa shape index (κ1) is 21.8. The third-order valence-electron chi connectivity index (χ3n) is 4.87. The lowest BCUT2D eigenvalue weighted by atomic mass is 9.90. The molecule has 1 heterocycles. The number of rotatable bonds is 9. The van der Waals surface area contributed by atoms with Crippen LogP contribution < -0.4 is 20.1 Å². The predicted molar refractivity (Wildman–Crippen MR) is 124 cm³/mol. The van der Waals surface area contributed by atoms with E-state index in [4.69, 9.17) is 21.7 Å². The fraction of sp³-hybridized carbons (Fsp3) is 0.333. The maximum atomic E-state index is 12.7. The highest BCUT2D eigenvalue weighted by molar-refractivity contribution is 7.80. The lowest BCUT2D eigenvalue weighted by molar-refractivity contribution is -0.113. The lowest BCUT2D eigenvalue weighted by Gasteiger charge is -2.31. The molecule has 1 atom stereocenters. The molecule has 0 aromatic heterocycles. The average Bonchev–Trinajstić information content (AvgIpc) is 2.75. The summed E-state index contributed by atoms with van der Waals surface area (Å²) >= 11 is 5.46. The molecular weight excluding hydrogens is 396 g/mol. The molecule has 1 unspecified atom stereocenters. The molecule has 2 aromatic rings. The van der Waals surface area contributed by atoms with Crippen LogP contribution in [0, 0.1) is 0 Å². The second kappa shape index (κ2) is 10.3. The van der Waals surface area contributed by atoms with Gasteiger partial charge in [0.05, 0.1) is 25.0 Å². The van der Waals surface area contributed by atoms with E-state index in [1.54, 1.807) is 6.92 Å². The Hall–Kier alpha value is -2.86. The Morgan fingerprint density at radius 2 is 1.83 bits per heavy atom. The summed E-state index contributed by atoms with van der Waals surface area (Å²) < 4.78 is 11.7. The Bertz CT molecular complexity index is 941. The van der Waals surface area contributed by atoms with Crippen molar-refractivity contribution < 1.29 is 14.3 Å². The number of benzene rings is 2. The summed E-state index contributed by atoms with van der Waals surface area (Å²) in [5.74, 6) is 1.35. The minimum Gasteiger partial charge on any atom is -0.490 e. The van der Waals surface area contributed by atoms with E-state index in [1.165, 1.54) is 0 Å². The Morgan fingerprint density at radius 3 is 2.50 bits per heavy atom. The van der Waals surface area contributed by atoms with Crippen LogP contribution in [0.15, 0.2) is 54.1 Å². The third-order valence-corrected chi connectivity index (χ3v) is 5.09. The first-order chi connectivity index (χ1) is 14.5. The monoisotopic (exact) mass is 424 g/mol. The molecule has 2 N–H and O–H groups in total. The topological polar surface area (TPSA) is 59.6 Å². The van der Waals surface area contributed by atoms with E-state index in [0.29, 0.717) is 35.4 Å². The van der Waals surface area contributed by atoms with Crippen LogP contribution in [0.1, 0.15) is 50.8 Å². The first-order valence-corrected chi connectivity index (χ1v) is 10.7. The normalized spacial score (nSPS) is 16.0. The summed E-state index contributed by atoms with van der Waals surface area (Å²) in [6.07, 6.45) is 2.04. The van der Waals surface area contributed by atoms with Crippen molar-refractivity contribution in [3.05, 3.63) is 65.2 Å². The lowest BCUT2D eigenvalue weighted by Crippen LogP contribution is -2.44. The van der Waals surface area contributed by atoms with E-state index in [9.17, 15) is 4.79 Å². The molecule has 158 valence electrons. The van der Waals surface area contributed by atoms with Crippen LogP contribution in [-0.4, -0.2) is 24.1 Å². The molecule has 0 bridgehead atoms. The molecular formula is C24H28N2O3S. The van der Waals surface area contributed by atoms with Crippen molar-refractivity contribution in [1.82, 2.24) is 10.6 Å². The summed E-state index contributed by atoms with van der Waals surface area (Å²) in [6, 6.07) is 15.2. The number of ether oxygens (including phenoxy) is 2. The van der Waals surface area contributed by atoms with Crippen LogP contribution in [0.5, 0.6) is 11.5 Å². The highest BCUT2D eigenvalue weighted by Crippen LogP contribution is 2.36. The van der Waals surface area contributed by atoms with Crippen LogP contribution in [-0.2, 0) is 4.79 Å². The molecule has 0 spiro atoms. The minimum atomic E-state index is -0.379. The van der Waals surface area contributed by atoms with E-state index in [0.717, 1.165) is 29.7 Å². The molecule has 1 aliphatic heterocycles. The zero-order chi connectivity index (χ0) is 21.5. The second-order valence-electron chi connectivity index (χ2n) is 7.08. The largest absolute Gasteiger partial charge is 0.490 e. The number of hydrogen-bond donors (Lipinski definition) is 2. The number of ketones is 1. The van der Waals surface area contributed by atoms with Gasteiger partial charge >= 0.3 is 0 Å². The number of carbonyl (C=O) groups is 1. The summed E-state index contributed by atoms with van der Waals surface area (Å²) in [5, 5.41) is 6.90. The van der Waals surface area contributed by atoms with Crippen LogP contribution in [0.4, 0.5) is 0 Å². The molecule has 1 aliphatic rings. The number of thiocarbonyl (C=S) groups is 1. The van der Waals surface area contributed by atoms with Gasteiger partial charge in [-0.25, -0.2) is 0 Å². The summed E-state index contributed by atoms with van der Waals surface area (Å²) in [5.41, 5.74) is 3.18. The van der Waals surface area contributed by atoms with E-state index < -0.39 is 0 Å². The number of Topliss-reactive ketones (excluding diaryl/α,β-unsaturated/α-hetero) is 1. The van der Waals surface area contributed by atoms with Crippen LogP contribution in [0.25, 0.3) is 5.70 Å². The fourth-order valence-electron chi connectivity index (χ4n) is 3.44. The number of unbranched alkanes of at least 4 members (excludes halogenated alkanes) is 1. The van der Waals surface area contributed by atoms with E-state index >= 15 is 0 Å². The van der Waals surface area contributed by atoms with Crippen molar-refractivity contribution in [2.75, 3.05) is 13.2 Å². The van der Waals surface area contributed by atoms with E-state index in [-0.39, 0.29) is 11.8 Å². The van der Waals surface area contributed by atoms with Crippen molar-refractivity contribution in [1.29, 1.82) is 0 Å². The summed E-state index contributed by atoms with van der Waals surface area (Å²) in [6.45, 7) is 6.81. The second-order valence-corrected chi connectivity index (χ2v) is 7.49. The molecule has 30 heavy (non-hydrogen) atoms. The van der Waals surface area contributed by atoms with Gasteiger partial charge in [0, 0.05) is 5.57 Å². The van der Waals surface area contributed by atoms with Gasteiger partial charge < -0.3 is 20.1 Å². The third kappa shape index (κ3) is 5.00. The van der Waals surface area contributed by atoms with Gasteiger partial charge in [-0.2, -0.15) is 0 Å². The van der Waals surface area contributed by atoms with Crippen molar-refractivity contribution in [2.45, 2.75) is 39.7 Å². The molecule has 6 heteroatoms. The maximum Gasteiger partial charge on any atom is 0.171 e. The Labute approximate surface area is 183 Å². The standard InChI is InChI=1S/C24H28N2O3S/c1-4-6-14-29-19-13-12-18(15-20(19)28-5-2)23-21(16(3)27)22(25-24(30)26-23)17-10-8-7-9-11-17/h7-13,15,23H,4-6,14H2,1-3H3,(H2,25,26,30). The Morgan fingerprint density at radius 1 is 1.07 bits per heavy atom. The fourth-order valence-corrected chi connectivity index (χ4v) is 3.66. The zero-order valence-electron chi connectivity index (χ0n) is 17.7. The molecule has 0 saturated carbocycles. The summed E-state index contributed by atoms with van der Waals surface area (Å²) in [7, 11) is 0. The van der Waals surface area contributed by atoms with Gasteiger partial charge in [0.15, 0.2) is 22.4 Å². The molecule has 0 saturated heterocycles. The highest BCUT2D eigenvalue weighted by Gasteiger charge is 2.30. The smallest absolute Gasteiger partial charge is 0.171 e. The number of carbonyl (C=O) groups excluding carboxylic acids is 1. The first-order valence-electron chi connectivity index (χ1n) is 10.3. The average molecular weight is 425 g/mol. The molecule has 5 nitrogen and oxygen atoms in total. The Balaban J connectivity index is 2.04. The van der Waals surface area contributed by atoms with E-state index in [1.807, 2.05) is 55.5 Å². The number of nitrogens with one attached hydrogen (secondary N) is 2. The highest BCUT2D eigenvalue weighted by atomic mass is 32.1. The van der Waals surface area contributed by atoms with Crippen LogP contribution in [0.2, 0.25) is 0 Å². The van der Waals surface area contributed by atoms with Crippen molar-refractivity contribution in [3.8, 4) is 11.5 Å². The van der Waals surface area contributed by atoms with E-state index in [2.05, 4.69) is 17.6 Å². The molecule has 3 rings (SSSR count). The summed E-state index contributed by atoms with van der Waals surface area (Å²) in [4.78, 5) is 12.7. The van der Waals surface area contributed by atoms with Crippen molar-refractivity contribution in [3.63, 3.8) is 0 Å². The van der Waals surface area contributed by atoms with Crippen LogP contribution in [0.3, 0.4) is 0 Å². The van der Waals surface area contributed by atoms with Gasteiger partial charge in [-0.05, 0) is 55.7 Å². The van der Waals surface area contributed by atoms with Gasteiger partial charge in [-0.3, -0.25) is 4.79 Å². The van der Waals surface area contributed by atoms with Gasteiger partial charge in [0.2, 0.25) is 0 Å². The van der Waals surface area contributed by atoms with Crippen molar-refractivity contribution >= 4 is 28.8 Å². The zero-order valence-corrected chi connectivity index (χ0v) is 18.5. The van der Waals surface area contributed by atoms with Gasteiger partial charge in [0.25, 0.3) is 0 Å². The molecule has 2 aromatic carbocycles. The van der Waals surface area contributed by atoms with Gasteiger partial charge in [0.1, 0.15) is 0 Å². The quantitative estimate of drug-likeness (QED) is 0.446. The van der Waals surface area contributed by atoms with Crippen LogP contribution >= 0.6 is 12.2 Å². The molecule has 0 fully saturated rings. The Kier molecular flexibility index (Phi) is 7.46. The number of hydrogen-bond acceptors (Lipinski definition) is 4. The minimum absolute atomic E-state index is 0.0254. The predicted octanol–water partition coefficient (Wildman–Crippen LogP) is 4.78. The van der Waals surface area contributed by atoms with Gasteiger partial charge in [-0.15, -0.1) is 0 Å². The molecule has 0 amide bonds. The molecule has 0 aliphatic carbocycles. The van der Waals surface area contributed by atoms with Crippen molar-refractivity contribution in [2.24, 2.45) is 0 Å².